The van der Waals surface area contributed by atoms with Crippen LogP contribution in [0.1, 0.15) is 12.1 Å². The molecule has 0 atom stereocenters. The van der Waals surface area contributed by atoms with Gasteiger partial charge in [0.15, 0.2) is 0 Å². The number of carbonyl (C=O) groups is 1. The molecule has 0 radical (unpaired) electrons. The third-order valence-electron chi connectivity index (χ3n) is 2.15. The van der Waals surface area contributed by atoms with E-state index in [1.165, 1.54) is 0 Å². The third-order valence-corrected chi connectivity index (χ3v) is 2.35. The second kappa shape index (κ2) is 6.15. The lowest BCUT2D eigenvalue weighted by molar-refractivity contribution is -0.128. The average molecular weight is 252 g/mol. The molecule has 5 nitrogen and oxygen atoms in total. The molecule has 1 aromatic heterocycles. The van der Waals surface area contributed by atoms with Crippen molar-refractivity contribution in [1.29, 1.82) is 0 Å². The number of hydrogen-bond acceptors (Lipinski definition) is 4. The Kier molecular flexibility index (Phi) is 4.84. The van der Waals surface area contributed by atoms with Crippen molar-refractivity contribution >= 4 is 28.9 Å². The lowest BCUT2D eigenvalue weighted by Gasteiger charge is -2.11. The van der Waals surface area contributed by atoms with Crippen LogP contribution in [0.3, 0.4) is 0 Å². The van der Waals surface area contributed by atoms with E-state index in [2.05, 4.69) is 10.3 Å². The predicted octanol–water partition coefficient (Wildman–Crippen LogP) is 0.606. The number of hydrogen-bond donors (Lipinski definition) is 2. The van der Waals surface area contributed by atoms with Crippen LogP contribution in [0, 0.1) is 0 Å². The lowest BCUT2D eigenvalue weighted by Crippen LogP contribution is -2.24. The normalized spacial score (nSPS) is 9.76. The van der Waals surface area contributed by atoms with E-state index in [0.717, 1.165) is 0 Å². The first-order chi connectivity index (χ1) is 8.00. The molecule has 3 N–H and O–H groups in total. The van der Waals surface area contributed by atoms with E-state index in [1.807, 2.05) is 12.1 Å². The van der Waals surface area contributed by atoms with Crippen LogP contribution >= 0.6 is 12.2 Å². The first-order valence-corrected chi connectivity index (χ1v) is 5.62. The van der Waals surface area contributed by atoms with Gasteiger partial charge in [0.05, 0.1) is 5.69 Å². The number of rotatable bonds is 5. The molecule has 0 aliphatic rings. The highest BCUT2D eigenvalue weighted by Crippen LogP contribution is 2.04. The molecular weight excluding hydrogens is 236 g/mol. The van der Waals surface area contributed by atoms with Gasteiger partial charge in [-0.15, -0.1) is 0 Å². The summed E-state index contributed by atoms with van der Waals surface area (Å²) in [6.07, 6.45) is 0.423. The zero-order chi connectivity index (χ0) is 12.8. The minimum atomic E-state index is 0.0722. The fourth-order valence-electron chi connectivity index (χ4n) is 1.19. The Hall–Kier alpha value is -1.69. The number of aromatic nitrogens is 1. The molecule has 92 valence electrons. The zero-order valence-corrected chi connectivity index (χ0v) is 10.8. The van der Waals surface area contributed by atoms with Crippen LogP contribution in [0.5, 0.6) is 0 Å². The molecule has 0 aromatic carbocycles. The number of nitrogens with two attached hydrogens (primary N) is 1. The van der Waals surface area contributed by atoms with Gasteiger partial charge in [-0.2, -0.15) is 0 Å². The van der Waals surface area contributed by atoms with Gasteiger partial charge in [0.1, 0.15) is 10.8 Å². The summed E-state index contributed by atoms with van der Waals surface area (Å²) in [5.74, 6) is 0.741. The van der Waals surface area contributed by atoms with Gasteiger partial charge >= 0.3 is 0 Å². The van der Waals surface area contributed by atoms with E-state index < -0.39 is 0 Å². The Morgan fingerprint density at radius 1 is 1.53 bits per heavy atom. The van der Waals surface area contributed by atoms with E-state index in [9.17, 15) is 4.79 Å². The molecule has 1 heterocycles. The Morgan fingerprint density at radius 3 is 2.82 bits per heavy atom. The molecule has 0 aliphatic heterocycles. The number of anilines is 1. The average Bonchev–Trinajstić information content (AvgIpc) is 2.29. The van der Waals surface area contributed by atoms with E-state index in [1.54, 1.807) is 25.1 Å². The van der Waals surface area contributed by atoms with Gasteiger partial charge in [0.2, 0.25) is 5.91 Å². The summed E-state index contributed by atoms with van der Waals surface area (Å²) in [6, 6.07) is 5.37. The summed E-state index contributed by atoms with van der Waals surface area (Å²) >= 11 is 4.84. The van der Waals surface area contributed by atoms with Crippen molar-refractivity contribution in [3.63, 3.8) is 0 Å². The van der Waals surface area contributed by atoms with Crippen molar-refractivity contribution < 1.29 is 4.79 Å². The molecule has 0 aliphatic carbocycles. The Labute approximate surface area is 106 Å². The maximum atomic E-state index is 11.3. The number of amides is 1. The topological polar surface area (TPSA) is 71.2 Å². The van der Waals surface area contributed by atoms with Crippen LogP contribution in [0.25, 0.3) is 0 Å². The van der Waals surface area contributed by atoms with Crippen LogP contribution < -0.4 is 11.1 Å². The van der Waals surface area contributed by atoms with Gasteiger partial charge in [-0.1, -0.05) is 18.3 Å². The van der Waals surface area contributed by atoms with Gasteiger partial charge in [0, 0.05) is 27.1 Å². The van der Waals surface area contributed by atoms with Gasteiger partial charge in [-0.3, -0.25) is 4.79 Å². The molecule has 1 rings (SSSR count). The highest BCUT2D eigenvalue weighted by molar-refractivity contribution is 7.80. The van der Waals surface area contributed by atoms with Gasteiger partial charge in [-0.25, -0.2) is 4.98 Å². The fourth-order valence-corrected chi connectivity index (χ4v) is 1.31. The maximum Gasteiger partial charge on any atom is 0.223 e. The summed E-state index contributed by atoms with van der Waals surface area (Å²) in [5.41, 5.74) is 6.05. The van der Waals surface area contributed by atoms with Gasteiger partial charge < -0.3 is 16.0 Å². The van der Waals surface area contributed by atoms with E-state index in [0.29, 0.717) is 24.5 Å². The summed E-state index contributed by atoms with van der Waals surface area (Å²) < 4.78 is 0. The molecule has 0 saturated carbocycles. The highest BCUT2D eigenvalue weighted by atomic mass is 32.1. The largest absolute Gasteiger partial charge is 0.388 e. The second-order valence-electron chi connectivity index (χ2n) is 3.74. The number of thiocarbonyl (C=S) groups is 1. The highest BCUT2D eigenvalue weighted by Gasteiger charge is 2.04. The molecule has 0 unspecified atom stereocenters. The first-order valence-electron chi connectivity index (χ1n) is 5.21. The van der Waals surface area contributed by atoms with E-state index >= 15 is 0 Å². The summed E-state index contributed by atoms with van der Waals surface area (Å²) in [7, 11) is 3.46. The monoisotopic (exact) mass is 252 g/mol. The van der Waals surface area contributed by atoms with Crippen molar-refractivity contribution in [2.45, 2.75) is 6.42 Å². The van der Waals surface area contributed by atoms with Gasteiger partial charge in [-0.05, 0) is 12.1 Å². The zero-order valence-electron chi connectivity index (χ0n) is 9.93. The first kappa shape index (κ1) is 13.4. The third kappa shape index (κ3) is 4.36. The van der Waals surface area contributed by atoms with Crippen LogP contribution in [0.15, 0.2) is 18.2 Å². The number of carbonyl (C=O) groups excluding carboxylic acids is 1. The molecule has 17 heavy (non-hydrogen) atoms. The van der Waals surface area contributed by atoms with Crippen LogP contribution in [-0.4, -0.2) is 41.4 Å². The number of nitrogens with one attached hydrogen (secondary N) is 1. The smallest absolute Gasteiger partial charge is 0.223 e. The second-order valence-corrected chi connectivity index (χ2v) is 4.18. The summed E-state index contributed by atoms with van der Waals surface area (Å²) in [5, 5.41) is 3.05. The molecule has 0 fully saturated rings. The molecular formula is C11H16N4OS. The standard InChI is InChI=1S/C11H16N4OS/c1-15(2)10(16)6-7-13-9-5-3-4-8(14-9)11(12)17/h3-5H,6-7H2,1-2H3,(H2,12,17)(H,13,14). The van der Waals surface area contributed by atoms with Crippen molar-refractivity contribution in [1.82, 2.24) is 9.88 Å². The number of nitrogens with zero attached hydrogens (tertiary/aromatic N) is 2. The molecule has 1 amide bonds. The molecule has 0 bridgehead atoms. The molecule has 6 heteroatoms. The summed E-state index contributed by atoms with van der Waals surface area (Å²) in [4.78, 5) is 17.4. The minimum Gasteiger partial charge on any atom is -0.388 e. The SMILES string of the molecule is CN(C)C(=O)CCNc1cccc(C(N)=S)n1. The van der Waals surface area contributed by atoms with Crippen molar-refractivity contribution in [3.8, 4) is 0 Å². The van der Waals surface area contributed by atoms with Crippen LogP contribution in [0.4, 0.5) is 5.82 Å². The molecule has 1 aromatic rings. The minimum absolute atomic E-state index is 0.0722. The predicted molar refractivity (Wildman–Crippen MR) is 71.9 cm³/mol. The molecule has 0 saturated heterocycles. The number of pyridine rings is 1. The van der Waals surface area contributed by atoms with Crippen molar-refractivity contribution in [2.75, 3.05) is 26.0 Å². The van der Waals surface area contributed by atoms with E-state index in [4.69, 9.17) is 18.0 Å². The molecule has 0 spiro atoms. The van der Waals surface area contributed by atoms with Gasteiger partial charge in [0.25, 0.3) is 0 Å². The van der Waals surface area contributed by atoms with Crippen LogP contribution in [-0.2, 0) is 4.79 Å². The van der Waals surface area contributed by atoms with Crippen molar-refractivity contribution in [2.24, 2.45) is 5.73 Å². The lowest BCUT2D eigenvalue weighted by atomic mass is 10.3. The van der Waals surface area contributed by atoms with E-state index in [-0.39, 0.29) is 10.9 Å². The van der Waals surface area contributed by atoms with Crippen LogP contribution in [0.2, 0.25) is 0 Å². The maximum absolute atomic E-state index is 11.3. The fraction of sp³-hybridized carbons (Fsp3) is 0.364. The Balaban J connectivity index is 2.50. The Morgan fingerprint density at radius 2 is 2.24 bits per heavy atom. The van der Waals surface area contributed by atoms with Crippen molar-refractivity contribution in [3.05, 3.63) is 23.9 Å². The quantitative estimate of drug-likeness (QED) is 0.751. The summed E-state index contributed by atoms with van der Waals surface area (Å²) in [6.45, 7) is 0.533. The Bertz CT molecular complexity index is 420.